The molecule has 2 aromatic rings. The van der Waals surface area contributed by atoms with Crippen LogP contribution in [0.3, 0.4) is 0 Å². The molecule has 0 unspecified atom stereocenters. The zero-order valence-corrected chi connectivity index (χ0v) is 12.2. The van der Waals surface area contributed by atoms with Crippen LogP contribution in [0.1, 0.15) is 19.4 Å². The van der Waals surface area contributed by atoms with Crippen LogP contribution in [0.5, 0.6) is 0 Å². The van der Waals surface area contributed by atoms with E-state index in [1.165, 1.54) is 16.3 Å². The third-order valence-electron chi connectivity index (χ3n) is 3.05. The maximum absolute atomic E-state index is 5.63. The van der Waals surface area contributed by atoms with Gasteiger partial charge in [0.25, 0.3) is 0 Å². The first-order valence-corrected chi connectivity index (χ1v) is 6.46. The van der Waals surface area contributed by atoms with Gasteiger partial charge in [-0.2, -0.15) is 0 Å². The van der Waals surface area contributed by atoms with Gasteiger partial charge < -0.3 is 4.43 Å². The summed E-state index contributed by atoms with van der Waals surface area (Å²) in [6.07, 6.45) is 0.970. The van der Waals surface area contributed by atoms with E-state index in [0.717, 1.165) is 16.9 Å². The smallest absolute Gasteiger partial charge is 0.146 e. The van der Waals surface area contributed by atoms with E-state index in [2.05, 4.69) is 56.3 Å². The molecule has 0 atom stereocenters. The van der Waals surface area contributed by atoms with Crippen LogP contribution in [0.15, 0.2) is 42.5 Å². The van der Waals surface area contributed by atoms with Crippen LogP contribution in [-0.2, 0) is 10.8 Å². The largest absolute Gasteiger partial charge is 0.423 e. The van der Waals surface area contributed by atoms with Crippen molar-refractivity contribution >= 4 is 21.3 Å². The summed E-state index contributed by atoms with van der Waals surface area (Å²) >= 11 is 0. The Labute approximate surface area is 100.0 Å². The summed E-state index contributed by atoms with van der Waals surface area (Å²) in [6.45, 7) is 4.31. The first-order chi connectivity index (χ1) is 7.62. The summed E-state index contributed by atoms with van der Waals surface area (Å²) in [5.74, 6) is 0. The standard InChI is InChI=1S/C14H18OSi/c1-14(2,15-16)10-12-8-5-7-11-6-3-4-9-13(11)12/h3-9H,10H2,1-2,16H3. The van der Waals surface area contributed by atoms with Crippen LogP contribution in [0, 0.1) is 0 Å². The Balaban J connectivity index is 2.45. The summed E-state index contributed by atoms with van der Waals surface area (Å²) in [4.78, 5) is 0. The molecule has 2 heteroatoms. The third-order valence-corrected chi connectivity index (χ3v) is 4.15. The third kappa shape index (κ3) is 2.34. The highest BCUT2D eigenvalue weighted by Gasteiger charge is 2.17. The van der Waals surface area contributed by atoms with E-state index in [9.17, 15) is 0 Å². The highest BCUT2D eigenvalue weighted by atomic mass is 28.2. The fourth-order valence-electron chi connectivity index (χ4n) is 1.98. The van der Waals surface area contributed by atoms with Crippen molar-refractivity contribution in [2.24, 2.45) is 0 Å². The van der Waals surface area contributed by atoms with Crippen LogP contribution in [0.25, 0.3) is 10.8 Å². The number of hydrogen-bond donors (Lipinski definition) is 0. The summed E-state index contributed by atoms with van der Waals surface area (Å²) in [6, 6.07) is 15.0. The molecular formula is C14H18OSi. The van der Waals surface area contributed by atoms with Crippen molar-refractivity contribution in [3.8, 4) is 0 Å². The van der Waals surface area contributed by atoms with Gasteiger partial charge in [0.15, 0.2) is 0 Å². The average molecular weight is 230 g/mol. The van der Waals surface area contributed by atoms with E-state index in [1.54, 1.807) is 0 Å². The van der Waals surface area contributed by atoms with Crippen molar-refractivity contribution < 1.29 is 4.43 Å². The molecule has 0 amide bonds. The van der Waals surface area contributed by atoms with Crippen LogP contribution in [-0.4, -0.2) is 16.1 Å². The predicted octanol–water partition coefficient (Wildman–Crippen LogP) is 2.46. The van der Waals surface area contributed by atoms with Crippen molar-refractivity contribution in [1.29, 1.82) is 0 Å². The Morgan fingerprint density at radius 2 is 1.75 bits per heavy atom. The topological polar surface area (TPSA) is 9.23 Å². The van der Waals surface area contributed by atoms with Gasteiger partial charge in [0.2, 0.25) is 0 Å². The molecular weight excluding hydrogens is 212 g/mol. The molecule has 0 aliphatic carbocycles. The van der Waals surface area contributed by atoms with E-state index in [0.29, 0.717) is 0 Å². The first-order valence-electron chi connectivity index (χ1n) is 5.64. The minimum absolute atomic E-state index is 0.0453. The lowest BCUT2D eigenvalue weighted by Crippen LogP contribution is -2.26. The second-order valence-corrected chi connectivity index (χ2v) is 5.19. The van der Waals surface area contributed by atoms with Crippen LogP contribution < -0.4 is 0 Å². The molecule has 0 N–H and O–H groups in total. The van der Waals surface area contributed by atoms with Gasteiger partial charge in [0.1, 0.15) is 10.5 Å². The van der Waals surface area contributed by atoms with Crippen molar-refractivity contribution in [2.45, 2.75) is 25.9 Å². The fraction of sp³-hybridized carbons (Fsp3) is 0.286. The fourth-order valence-corrected chi connectivity index (χ4v) is 2.12. The van der Waals surface area contributed by atoms with Crippen LogP contribution in [0.4, 0.5) is 0 Å². The van der Waals surface area contributed by atoms with Crippen molar-refractivity contribution in [1.82, 2.24) is 0 Å². The van der Waals surface area contributed by atoms with Gasteiger partial charge in [-0.3, -0.25) is 0 Å². The van der Waals surface area contributed by atoms with Gasteiger partial charge in [0.05, 0.1) is 5.60 Å². The van der Waals surface area contributed by atoms with E-state index in [1.807, 2.05) is 0 Å². The molecule has 0 heterocycles. The van der Waals surface area contributed by atoms with Crippen molar-refractivity contribution in [3.05, 3.63) is 48.0 Å². The van der Waals surface area contributed by atoms with Crippen LogP contribution >= 0.6 is 0 Å². The van der Waals surface area contributed by atoms with Crippen LogP contribution in [0.2, 0.25) is 0 Å². The number of benzene rings is 2. The summed E-state index contributed by atoms with van der Waals surface area (Å²) in [7, 11) is 0.789. The number of hydrogen-bond acceptors (Lipinski definition) is 1. The lowest BCUT2D eigenvalue weighted by Gasteiger charge is -2.24. The van der Waals surface area contributed by atoms with Gasteiger partial charge in [0, 0.05) is 6.42 Å². The molecule has 0 radical (unpaired) electrons. The second-order valence-electron chi connectivity index (χ2n) is 4.78. The van der Waals surface area contributed by atoms with E-state index >= 15 is 0 Å². The molecule has 0 bridgehead atoms. The maximum atomic E-state index is 5.63. The predicted molar refractivity (Wildman–Crippen MR) is 72.8 cm³/mol. The Morgan fingerprint density at radius 1 is 1.06 bits per heavy atom. The molecule has 84 valence electrons. The molecule has 0 aliphatic rings. The summed E-state index contributed by atoms with van der Waals surface area (Å²) in [5, 5.41) is 2.65. The number of rotatable bonds is 3. The van der Waals surface area contributed by atoms with Gasteiger partial charge in [-0.15, -0.1) is 0 Å². The highest BCUT2D eigenvalue weighted by molar-refractivity contribution is 5.98. The molecule has 2 aromatic carbocycles. The Morgan fingerprint density at radius 3 is 2.50 bits per heavy atom. The summed E-state index contributed by atoms with van der Waals surface area (Å²) < 4.78 is 5.63. The monoisotopic (exact) mass is 230 g/mol. The van der Waals surface area contributed by atoms with Gasteiger partial charge >= 0.3 is 0 Å². The quantitative estimate of drug-likeness (QED) is 0.736. The molecule has 16 heavy (non-hydrogen) atoms. The zero-order chi connectivity index (χ0) is 11.6. The van der Waals surface area contributed by atoms with Gasteiger partial charge in [-0.25, -0.2) is 0 Å². The molecule has 0 fully saturated rings. The van der Waals surface area contributed by atoms with Gasteiger partial charge in [-0.1, -0.05) is 42.5 Å². The molecule has 0 aromatic heterocycles. The second kappa shape index (κ2) is 4.40. The number of fused-ring (bicyclic) bond motifs is 1. The summed E-state index contributed by atoms with van der Waals surface area (Å²) in [5.41, 5.74) is 1.33. The molecule has 0 saturated carbocycles. The maximum Gasteiger partial charge on any atom is 0.146 e. The van der Waals surface area contributed by atoms with E-state index in [4.69, 9.17) is 4.43 Å². The molecule has 0 aliphatic heterocycles. The lowest BCUT2D eigenvalue weighted by molar-refractivity contribution is 0.124. The van der Waals surface area contributed by atoms with Gasteiger partial charge in [-0.05, 0) is 30.2 Å². The Hall–Kier alpha value is -1.12. The van der Waals surface area contributed by atoms with E-state index in [-0.39, 0.29) is 5.60 Å². The average Bonchev–Trinajstić information content (AvgIpc) is 2.29. The molecule has 2 rings (SSSR count). The zero-order valence-electron chi connectivity index (χ0n) is 10.2. The first kappa shape index (κ1) is 11.4. The molecule has 0 spiro atoms. The Bertz CT molecular complexity index is 486. The van der Waals surface area contributed by atoms with Crippen molar-refractivity contribution in [2.75, 3.05) is 0 Å². The SMILES string of the molecule is CC(C)(Cc1cccc2ccccc12)O[SiH3]. The Kier molecular flexibility index (Phi) is 3.12. The molecule has 1 nitrogen and oxygen atoms in total. The normalized spacial score (nSPS) is 12.1. The minimum atomic E-state index is -0.0453. The minimum Gasteiger partial charge on any atom is -0.423 e. The molecule has 0 saturated heterocycles. The van der Waals surface area contributed by atoms with Crippen molar-refractivity contribution in [3.63, 3.8) is 0 Å². The highest BCUT2D eigenvalue weighted by Crippen LogP contribution is 2.23. The lowest BCUT2D eigenvalue weighted by atomic mass is 9.94. The van der Waals surface area contributed by atoms with E-state index < -0.39 is 0 Å².